The molecule has 11 nitrogen and oxygen atoms in total. The van der Waals surface area contributed by atoms with Gasteiger partial charge in [0.25, 0.3) is 0 Å². The second-order valence-electron chi connectivity index (χ2n) is 12.5. The van der Waals surface area contributed by atoms with Gasteiger partial charge < -0.3 is 38.9 Å². The van der Waals surface area contributed by atoms with Gasteiger partial charge in [-0.1, -0.05) is 19.6 Å². The summed E-state index contributed by atoms with van der Waals surface area (Å²) in [6, 6.07) is 9.96. The summed E-state index contributed by atoms with van der Waals surface area (Å²) >= 11 is 0. The molecular weight excluding hydrogens is 618 g/mol. The fraction of sp³-hybridized carbons (Fsp3) is 0.375. The van der Waals surface area contributed by atoms with Crippen LogP contribution in [-0.2, 0) is 26.5 Å². The van der Waals surface area contributed by atoms with Gasteiger partial charge in [0.1, 0.15) is 29.5 Å². The molecule has 14 heteroatoms. The maximum Gasteiger partial charge on any atom is 0.417 e. The van der Waals surface area contributed by atoms with Crippen LogP contribution < -0.4 is 20.3 Å². The lowest BCUT2D eigenvalue weighted by Gasteiger charge is -2.42. The van der Waals surface area contributed by atoms with E-state index in [9.17, 15) is 10.0 Å². The fourth-order valence-corrected chi connectivity index (χ4v) is 5.72. The van der Waals surface area contributed by atoms with Gasteiger partial charge in [0.2, 0.25) is 0 Å². The van der Waals surface area contributed by atoms with Crippen LogP contribution in [0.15, 0.2) is 54.9 Å². The molecule has 0 spiro atoms. The van der Waals surface area contributed by atoms with Crippen molar-refractivity contribution in [3.8, 4) is 17.2 Å². The summed E-state index contributed by atoms with van der Waals surface area (Å²) in [6.45, 7) is 12.0. The van der Waals surface area contributed by atoms with Crippen molar-refractivity contribution in [3.05, 3.63) is 77.3 Å². The molecule has 0 atom stereocenters. The van der Waals surface area contributed by atoms with E-state index in [-0.39, 0.29) is 48.9 Å². The molecule has 1 saturated heterocycles. The molecule has 1 amide bonds. The number of ether oxygens (including phenoxy) is 5. The van der Waals surface area contributed by atoms with Crippen LogP contribution >= 0.6 is 0 Å². The maximum absolute atomic E-state index is 15.4. The van der Waals surface area contributed by atoms with E-state index in [0.29, 0.717) is 23.2 Å². The largest absolute Gasteiger partial charge is 0.761 e. The number of fused-ring (bicyclic) bond motifs is 1. The highest BCUT2D eigenvalue weighted by Gasteiger charge is 2.45. The van der Waals surface area contributed by atoms with Crippen molar-refractivity contribution in [2.75, 3.05) is 30.6 Å². The third-order valence-corrected chi connectivity index (χ3v) is 8.91. The first kappa shape index (κ1) is 33.3. The lowest BCUT2D eigenvalue weighted by Crippen LogP contribution is -2.50. The highest BCUT2D eigenvalue weighted by Crippen LogP contribution is 2.44. The van der Waals surface area contributed by atoms with Crippen molar-refractivity contribution in [1.29, 1.82) is 0 Å². The van der Waals surface area contributed by atoms with Gasteiger partial charge >= 0.3 is 6.09 Å². The summed E-state index contributed by atoms with van der Waals surface area (Å²) in [5, 5.41) is 13.5. The Morgan fingerprint density at radius 3 is 2.39 bits per heavy atom. The summed E-state index contributed by atoms with van der Waals surface area (Å²) in [6.07, 6.45) is 2.25. The molecular formula is C32H37F2N4O7Si-. The van der Waals surface area contributed by atoms with Crippen molar-refractivity contribution in [2.45, 2.75) is 58.0 Å². The normalized spacial score (nSPS) is 14.3. The average Bonchev–Trinajstić information content (AvgIpc) is 3.34. The molecule has 246 valence electrons. The molecule has 0 unspecified atom stereocenters. The van der Waals surface area contributed by atoms with Crippen molar-refractivity contribution in [2.24, 2.45) is 0 Å². The number of benzene rings is 2. The number of aromatic nitrogens is 2. The SMILES string of the molecule is CC(C)OC1(c2cn(COCC[Si](C)(C)C)c3nccc(Oc4c(F)cc(NC(=O)Oc5ccc(N[O-])cc5)cc4F)c23)COC1. The monoisotopic (exact) mass is 655 g/mol. The average molecular weight is 656 g/mol. The number of carbonyl (C=O) groups is 1. The Morgan fingerprint density at radius 2 is 1.80 bits per heavy atom. The smallest absolute Gasteiger partial charge is 0.417 e. The molecule has 46 heavy (non-hydrogen) atoms. The maximum atomic E-state index is 15.4. The number of nitrogens with zero attached hydrogens (tertiary/aromatic N) is 2. The van der Waals surface area contributed by atoms with Crippen LogP contribution in [0.25, 0.3) is 11.0 Å². The lowest BCUT2D eigenvalue weighted by atomic mass is 9.91. The topological polar surface area (TPSA) is 128 Å². The van der Waals surface area contributed by atoms with Crippen LogP contribution in [0, 0.1) is 16.8 Å². The molecule has 0 saturated carbocycles. The van der Waals surface area contributed by atoms with Crippen molar-refractivity contribution in [1.82, 2.24) is 9.55 Å². The molecule has 3 heterocycles. The summed E-state index contributed by atoms with van der Waals surface area (Å²) in [5.41, 5.74) is 2.19. The molecule has 2 aromatic heterocycles. The molecule has 0 radical (unpaired) electrons. The Balaban J connectivity index is 1.42. The Hall–Kier alpha value is -4.08. The number of hydrogen-bond donors (Lipinski definition) is 2. The standard InChI is InChI=1S/C32H37F2N4O7Si/c1-20(2)45-32(17-42-18-32)24-16-38(19-41-12-13-46(3,4)5)30-28(24)27(10-11-35-30)44-29-25(33)14-22(15-26(29)34)36-31(39)43-23-8-6-21(37-40)7-9-23/h6-11,14-16,20,37H,12-13,17-19H2,1-5H3,(H,36,39)/q-1. The zero-order valence-corrected chi connectivity index (χ0v) is 27.3. The molecule has 5 rings (SSSR count). The lowest BCUT2D eigenvalue weighted by molar-refractivity contribution is -0.231. The van der Waals surface area contributed by atoms with E-state index in [4.69, 9.17) is 23.7 Å². The van der Waals surface area contributed by atoms with Gasteiger partial charge in [-0.15, -0.1) is 0 Å². The Labute approximate surface area is 266 Å². The van der Waals surface area contributed by atoms with Gasteiger partial charge in [-0.2, -0.15) is 0 Å². The summed E-state index contributed by atoms with van der Waals surface area (Å²) in [5.74, 6) is -2.49. The number of nitrogens with one attached hydrogen (secondary N) is 2. The van der Waals surface area contributed by atoms with Crippen LogP contribution in [0.2, 0.25) is 25.7 Å². The van der Waals surface area contributed by atoms with Crippen LogP contribution in [0.3, 0.4) is 0 Å². The minimum atomic E-state index is -1.31. The van der Waals surface area contributed by atoms with Crippen molar-refractivity contribution < 1.29 is 37.3 Å². The first-order valence-electron chi connectivity index (χ1n) is 14.8. The van der Waals surface area contributed by atoms with E-state index < -0.39 is 37.2 Å². The van der Waals surface area contributed by atoms with E-state index >= 15 is 8.78 Å². The predicted molar refractivity (Wildman–Crippen MR) is 172 cm³/mol. The Bertz CT molecular complexity index is 1670. The fourth-order valence-electron chi connectivity index (χ4n) is 4.96. The third-order valence-electron chi connectivity index (χ3n) is 7.21. The second kappa shape index (κ2) is 13.7. The first-order chi connectivity index (χ1) is 21.9. The van der Waals surface area contributed by atoms with Gasteiger partial charge in [-0.05, 0) is 50.2 Å². The summed E-state index contributed by atoms with van der Waals surface area (Å²) in [4.78, 5) is 16.9. The van der Waals surface area contributed by atoms with Gasteiger partial charge in [0, 0.05) is 50.5 Å². The number of rotatable bonds is 13. The molecule has 0 bridgehead atoms. The summed E-state index contributed by atoms with van der Waals surface area (Å²) in [7, 11) is -1.31. The minimum Gasteiger partial charge on any atom is -0.761 e. The molecule has 1 fully saturated rings. The molecule has 0 aliphatic carbocycles. The van der Waals surface area contributed by atoms with Crippen LogP contribution in [-0.4, -0.2) is 49.6 Å². The van der Waals surface area contributed by atoms with Crippen molar-refractivity contribution in [3.63, 3.8) is 0 Å². The van der Waals surface area contributed by atoms with Crippen LogP contribution in [0.4, 0.5) is 25.0 Å². The summed E-state index contributed by atoms with van der Waals surface area (Å²) < 4.78 is 61.5. The number of anilines is 2. The zero-order valence-electron chi connectivity index (χ0n) is 26.3. The predicted octanol–water partition coefficient (Wildman–Crippen LogP) is 7.59. The number of pyridine rings is 1. The van der Waals surface area contributed by atoms with Gasteiger partial charge in [0.05, 0.1) is 30.4 Å². The van der Waals surface area contributed by atoms with Crippen LogP contribution in [0.1, 0.15) is 19.4 Å². The van der Waals surface area contributed by atoms with E-state index in [1.54, 1.807) is 5.48 Å². The number of hydrogen-bond acceptors (Lipinski definition) is 9. The minimum absolute atomic E-state index is 0.124. The Morgan fingerprint density at radius 1 is 1.11 bits per heavy atom. The van der Waals surface area contributed by atoms with E-state index in [1.165, 1.54) is 36.5 Å². The van der Waals surface area contributed by atoms with Gasteiger partial charge in [0.15, 0.2) is 17.4 Å². The molecule has 4 aromatic rings. The van der Waals surface area contributed by atoms with Gasteiger partial charge in [-0.25, -0.2) is 18.6 Å². The van der Waals surface area contributed by atoms with E-state index in [2.05, 4.69) is 29.9 Å². The zero-order chi connectivity index (χ0) is 33.1. The van der Waals surface area contributed by atoms with Gasteiger partial charge in [-0.3, -0.25) is 5.32 Å². The first-order valence-corrected chi connectivity index (χ1v) is 18.5. The molecule has 1 aliphatic rings. The number of halogens is 2. The highest BCUT2D eigenvalue weighted by molar-refractivity contribution is 6.76. The third kappa shape index (κ3) is 7.65. The molecule has 2 aromatic carbocycles. The Kier molecular flexibility index (Phi) is 9.93. The molecule has 2 N–H and O–H groups in total. The second-order valence-corrected chi connectivity index (χ2v) is 18.2. The molecule has 1 aliphatic heterocycles. The number of amides is 1. The van der Waals surface area contributed by atoms with E-state index in [0.717, 1.165) is 18.2 Å². The van der Waals surface area contributed by atoms with Crippen LogP contribution in [0.5, 0.6) is 17.2 Å². The number of carbonyl (C=O) groups excluding carboxylic acids is 1. The quantitative estimate of drug-likeness (QED) is 0.0850. The highest BCUT2D eigenvalue weighted by atomic mass is 28.3. The van der Waals surface area contributed by atoms with Crippen molar-refractivity contribution >= 4 is 36.6 Å². The van der Waals surface area contributed by atoms with E-state index in [1.807, 2.05) is 24.6 Å².